The van der Waals surface area contributed by atoms with E-state index in [0.29, 0.717) is 5.02 Å². The summed E-state index contributed by atoms with van der Waals surface area (Å²) in [6, 6.07) is 16.6. The van der Waals surface area contributed by atoms with Crippen molar-refractivity contribution in [3.8, 4) is 0 Å². The molecule has 0 radical (unpaired) electrons. The Bertz CT molecular complexity index is 608. The summed E-state index contributed by atoms with van der Waals surface area (Å²) in [5, 5.41) is 3.62. The number of nitrogens with two attached hydrogens (primary N) is 1. The van der Waals surface area contributed by atoms with Gasteiger partial charge in [-0.15, -0.1) is 0 Å². The summed E-state index contributed by atoms with van der Waals surface area (Å²) in [6.45, 7) is 3.63. The summed E-state index contributed by atoms with van der Waals surface area (Å²) >= 11 is 5.87. The summed E-state index contributed by atoms with van der Waals surface area (Å²) in [5.41, 5.74) is 6.90. The molecule has 2 aromatic carbocycles. The van der Waals surface area contributed by atoms with Crippen LogP contribution >= 0.6 is 11.6 Å². The smallest absolute Gasteiger partial charge is 0.244 e. The lowest BCUT2D eigenvalue weighted by molar-refractivity contribution is -0.126. The summed E-state index contributed by atoms with van der Waals surface area (Å²) in [6.07, 6.45) is 0. The number of halogens is 1. The van der Waals surface area contributed by atoms with Crippen LogP contribution in [0.1, 0.15) is 31.0 Å². The van der Waals surface area contributed by atoms with E-state index in [1.165, 1.54) is 0 Å². The third-order valence-electron chi connectivity index (χ3n) is 3.56. The highest BCUT2D eigenvalue weighted by atomic mass is 35.5. The van der Waals surface area contributed by atoms with Crippen molar-refractivity contribution >= 4 is 17.5 Å². The van der Waals surface area contributed by atoms with E-state index in [-0.39, 0.29) is 11.9 Å². The second kappa shape index (κ2) is 6.29. The zero-order valence-electron chi connectivity index (χ0n) is 12.1. The maximum absolute atomic E-state index is 12.5. The molecule has 0 aliphatic carbocycles. The molecule has 2 atom stereocenters. The van der Waals surface area contributed by atoms with E-state index in [1.54, 1.807) is 19.1 Å². The maximum atomic E-state index is 12.5. The van der Waals surface area contributed by atoms with Crippen LogP contribution in [0.5, 0.6) is 0 Å². The van der Waals surface area contributed by atoms with Crippen LogP contribution < -0.4 is 11.1 Å². The Labute approximate surface area is 130 Å². The van der Waals surface area contributed by atoms with E-state index in [4.69, 9.17) is 17.3 Å². The molecule has 0 bridgehead atoms. The third-order valence-corrected chi connectivity index (χ3v) is 3.81. The Morgan fingerprint density at radius 2 is 1.71 bits per heavy atom. The van der Waals surface area contributed by atoms with Gasteiger partial charge in [-0.1, -0.05) is 54.1 Å². The molecule has 0 heterocycles. The van der Waals surface area contributed by atoms with Crippen molar-refractivity contribution in [2.24, 2.45) is 5.73 Å². The number of carbonyl (C=O) groups excluding carboxylic acids is 1. The molecule has 0 spiro atoms. The first kappa shape index (κ1) is 15.5. The lowest BCUT2D eigenvalue weighted by Crippen LogP contribution is -2.49. The van der Waals surface area contributed by atoms with Gasteiger partial charge >= 0.3 is 0 Å². The van der Waals surface area contributed by atoms with Crippen LogP contribution in [-0.2, 0) is 10.3 Å². The van der Waals surface area contributed by atoms with Crippen LogP contribution in [-0.4, -0.2) is 5.91 Å². The minimum atomic E-state index is -1.07. The van der Waals surface area contributed by atoms with Gasteiger partial charge in [0.1, 0.15) is 5.54 Å². The molecule has 2 rings (SSSR count). The highest BCUT2D eigenvalue weighted by molar-refractivity contribution is 6.30. The van der Waals surface area contributed by atoms with Crippen LogP contribution in [0.3, 0.4) is 0 Å². The van der Waals surface area contributed by atoms with Gasteiger partial charge in [-0.2, -0.15) is 0 Å². The van der Waals surface area contributed by atoms with E-state index in [9.17, 15) is 4.79 Å². The molecule has 3 N–H and O–H groups in total. The molecule has 110 valence electrons. The fourth-order valence-corrected chi connectivity index (χ4v) is 2.22. The number of rotatable bonds is 4. The van der Waals surface area contributed by atoms with Gasteiger partial charge in [-0.3, -0.25) is 4.79 Å². The Morgan fingerprint density at radius 1 is 1.14 bits per heavy atom. The number of nitrogens with one attached hydrogen (secondary N) is 1. The van der Waals surface area contributed by atoms with E-state index in [1.807, 2.05) is 49.4 Å². The van der Waals surface area contributed by atoms with Crippen molar-refractivity contribution in [3.05, 3.63) is 70.7 Å². The fourth-order valence-electron chi connectivity index (χ4n) is 2.10. The number of carbonyl (C=O) groups is 1. The lowest BCUT2D eigenvalue weighted by atomic mass is 9.91. The van der Waals surface area contributed by atoms with Crippen molar-refractivity contribution in [1.29, 1.82) is 0 Å². The molecule has 0 aliphatic heterocycles. The Kier molecular flexibility index (Phi) is 4.66. The Morgan fingerprint density at radius 3 is 2.29 bits per heavy atom. The molecule has 2 aromatic rings. The molecule has 0 aliphatic rings. The van der Waals surface area contributed by atoms with Gasteiger partial charge in [-0.05, 0) is 37.1 Å². The number of hydrogen-bond acceptors (Lipinski definition) is 2. The van der Waals surface area contributed by atoms with Gasteiger partial charge in [0.15, 0.2) is 0 Å². The molecule has 0 fully saturated rings. The van der Waals surface area contributed by atoms with Gasteiger partial charge in [0.25, 0.3) is 0 Å². The van der Waals surface area contributed by atoms with E-state index < -0.39 is 5.54 Å². The van der Waals surface area contributed by atoms with Crippen LogP contribution in [0.2, 0.25) is 5.02 Å². The number of benzene rings is 2. The molecule has 1 amide bonds. The Hall–Kier alpha value is -1.84. The van der Waals surface area contributed by atoms with Crippen LogP contribution in [0.15, 0.2) is 54.6 Å². The number of amides is 1. The average molecular weight is 303 g/mol. The predicted octanol–water partition coefficient (Wildman–Crippen LogP) is 3.39. The van der Waals surface area contributed by atoms with Crippen molar-refractivity contribution in [2.75, 3.05) is 0 Å². The summed E-state index contributed by atoms with van der Waals surface area (Å²) < 4.78 is 0. The Balaban J connectivity index is 2.12. The maximum Gasteiger partial charge on any atom is 0.244 e. The second-order valence-electron chi connectivity index (χ2n) is 5.32. The molecule has 2 unspecified atom stereocenters. The topological polar surface area (TPSA) is 55.1 Å². The molecule has 0 aromatic heterocycles. The SMILES string of the molecule is CC(NC(=O)C(C)(N)c1ccccc1)c1ccc(Cl)cc1. The van der Waals surface area contributed by atoms with Crippen LogP contribution in [0.4, 0.5) is 0 Å². The monoisotopic (exact) mass is 302 g/mol. The molecule has 4 heteroatoms. The first-order valence-corrected chi connectivity index (χ1v) is 7.20. The fraction of sp³-hybridized carbons (Fsp3) is 0.235. The lowest BCUT2D eigenvalue weighted by Gasteiger charge is -2.26. The quantitative estimate of drug-likeness (QED) is 0.909. The molecular formula is C17H19ClN2O. The minimum Gasteiger partial charge on any atom is -0.348 e. The summed E-state index contributed by atoms with van der Waals surface area (Å²) in [4.78, 5) is 12.5. The highest BCUT2D eigenvalue weighted by Crippen LogP contribution is 2.21. The van der Waals surface area contributed by atoms with Gasteiger partial charge in [0.05, 0.1) is 6.04 Å². The van der Waals surface area contributed by atoms with Crippen molar-refractivity contribution in [2.45, 2.75) is 25.4 Å². The minimum absolute atomic E-state index is 0.138. The van der Waals surface area contributed by atoms with Gasteiger partial charge in [-0.25, -0.2) is 0 Å². The molecule has 3 nitrogen and oxygen atoms in total. The van der Waals surface area contributed by atoms with Crippen LogP contribution in [0, 0.1) is 0 Å². The zero-order chi connectivity index (χ0) is 15.5. The summed E-state index contributed by atoms with van der Waals surface area (Å²) in [7, 11) is 0. The summed E-state index contributed by atoms with van der Waals surface area (Å²) in [5.74, 6) is -0.212. The molecular weight excluding hydrogens is 284 g/mol. The van der Waals surface area contributed by atoms with Gasteiger partial charge in [0.2, 0.25) is 5.91 Å². The average Bonchev–Trinajstić information content (AvgIpc) is 2.48. The largest absolute Gasteiger partial charge is 0.348 e. The molecule has 0 saturated carbocycles. The van der Waals surface area contributed by atoms with Crippen molar-refractivity contribution < 1.29 is 4.79 Å². The van der Waals surface area contributed by atoms with Gasteiger partial charge in [0, 0.05) is 5.02 Å². The van der Waals surface area contributed by atoms with E-state index in [0.717, 1.165) is 11.1 Å². The standard InChI is InChI=1S/C17H19ClN2O/c1-12(13-8-10-15(18)11-9-13)20-16(21)17(2,19)14-6-4-3-5-7-14/h3-12H,19H2,1-2H3,(H,20,21). The van der Waals surface area contributed by atoms with E-state index in [2.05, 4.69) is 5.32 Å². The van der Waals surface area contributed by atoms with Gasteiger partial charge < -0.3 is 11.1 Å². The second-order valence-corrected chi connectivity index (χ2v) is 5.75. The predicted molar refractivity (Wildman–Crippen MR) is 86.0 cm³/mol. The zero-order valence-corrected chi connectivity index (χ0v) is 12.9. The molecule has 21 heavy (non-hydrogen) atoms. The van der Waals surface area contributed by atoms with Crippen molar-refractivity contribution in [3.63, 3.8) is 0 Å². The van der Waals surface area contributed by atoms with Crippen LogP contribution in [0.25, 0.3) is 0 Å². The third kappa shape index (κ3) is 3.63. The normalized spacial score (nSPS) is 15.0. The van der Waals surface area contributed by atoms with E-state index >= 15 is 0 Å². The first-order valence-electron chi connectivity index (χ1n) is 6.82. The number of hydrogen-bond donors (Lipinski definition) is 2. The molecule has 0 saturated heterocycles. The first-order chi connectivity index (χ1) is 9.91. The van der Waals surface area contributed by atoms with Crippen molar-refractivity contribution in [1.82, 2.24) is 5.32 Å². The highest BCUT2D eigenvalue weighted by Gasteiger charge is 2.31.